The second-order valence-electron chi connectivity index (χ2n) is 8.56. The van der Waals surface area contributed by atoms with Gasteiger partial charge in [0.05, 0.1) is 12.2 Å². The lowest BCUT2D eigenvalue weighted by Gasteiger charge is -2.48. The number of rotatable bonds is 4. The van der Waals surface area contributed by atoms with Crippen molar-refractivity contribution in [3.05, 3.63) is 0 Å². The van der Waals surface area contributed by atoms with E-state index in [0.717, 1.165) is 24.9 Å². The first-order valence-corrected chi connectivity index (χ1v) is 9.88. The minimum absolute atomic E-state index is 0.00703. The smallest absolute Gasteiger partial charge is 0.157 e. The summed E-state index contributed by atoms with van der Waals surface area (Å²) < 4.78 is 18.1. The van der Waals surface area contributed by atoms with Crippen LogP contribution in [0.1, 0.15) is 65.7 Å². The third-order valence-electron chi connectivity index (χ3n) is 6.96. The van der Waals surface area contributed by atoms with Crippen LogP contribution in [-0.2, 0) is 14.2 Å². The van der Waals surface area contributed by atoms with E-state index in [1.165, 1.54) is 38.5 Å². The third-order valence-corrected chi connectivity index (χ3v) is 6.96. The van der Waals surface area contributed by atoms with E-state index in [4.69, 9.17) is 14.2 Å². The van der Waals surface area contributed by atoms with E-state index < -0.39 is 0 Å². The predicted octanol–water partition coefficient (Wildman–Crippen LogP) is 4.64. The number of methoxy groups -OCH3 is 1. The Balaban J connectivity index is 1.51. The van der Waals surface area contributed by atoms with Gasteiger partial charge in [0.1, 0.15) is 0 Å². The topological polar surface area (TPSA) is 27.7 Å². The van der Waals surface area contributed by atoms with E-state index in [0.29, 0.717) is 30.0 Å². The number of fused-ring (bicyclic) bond motifs is 1. The van der Waals surface area contributed by atoms with Gasteiger partial charge in [-0.2, -0.15) is 0 Å². The van der Waals surface area contributed by atoms with Gasteiger partial charge in [-0.1, -0.05) is 33.6 Å². The molecule has 0 bridgehead atoms. The summed E-state index contributed by atoms with van der Waals surface area (Å²) in [5.41, 5.74) is 0. The van der Waals surface area contributed by atoms with Crippen molar-refractivity contribution < 1.29 is 14.2 Å². The zero-order valence-electron chi connectivity index (χ0n) is 15.5. The van der Waals surface area contributed by atoms with Gasteiger partial charge in [0.2, 0.25) is 0 Å². The molecule has 0 aromatic carbocycles. The van der Waals surface area contributed by atoms with Gasteiger partial charge >= 0.3 is 0 Å². The Kier molecular flexibility index (Phi) is 6.03. The molecule has 0 N–H and O–H groups in total. The van der Waals surface area contributed by atoms with Crippen LogP contribution in [0.5, 0.6) is 0 Å². The summed E-state index contributed by atoms with van der Waals surface area (Å²) in [7, 11) is 1.76. The van der Waals surface area contributed by atoms with Gasteiger partial charge in [0.25, 0.3) is 0 Å². The summed E-state index contributed by atoms with van der Waals surface area (Å²) >= 11 is 0. The molecule has 134 valence electrons. The van der Waals surface area contributed by atoms with Crippen molar-refractivity contribution in [1.82, 2.24) is 0 Å². The zero-order chi connectivity index (χ0) is 16.4. The molecule has 3 aliphatic rings. The fourth-order valence-corrected chi connectivity index (χ4v) is 4.97. The third kappa shape index (κ3) is 4.11. The van der Waals surface area contributed by atoms with Crippen LogP contribution in [0, 0.1) is 29.6 Å². The predicted molar refractivity (Wildman–Crippen MR) is 92.2 cm³/mol. The van der Waals surface area contributed by atoms with E-state index >= 15 is 0 Å². The second-order valence-corrected chi connectivity index (χ2v) is 8.56. The molecule has 6 atom stereocenters. The highest BCUT2D eigenvalue weighted by Gasteiger charge is 2.44. The molecule has 0 spiro atoms. The maximum absolute atomic E-state index is 6.46. The minimum Gasteiger partial charge on any atom is -0.378 e. The molecule has 0 radical (unpaired) electrons. The van der Waals surface area contributed by atoms with Crippen molar-refractivity contribution in [2.45, 2.75) is 84.2 Å². The normalized spacial score (nSPS) is 48.0. The van der Waals surface area contributed by atoms with Crippen molar-refractivity contribution in [2.24, 2.45) is 29.6 Å². The fourth-order valence-electron chi connectivity index (χ4n) is 4.97. The maximum atomic E-state index is 6.46. The van der Waals surface area contributed by atoms with Crippen LogP contribution in [0.4, 0.5) is 0 Å². The number of hydrogen-bond donors (Lipinski definition) is 0. The second kappa shape index (κ2) is 7.84. The largest absolute Gasteiger partial charge is 0.378 e. The number of ether oxygens (including phenoxy) is 3. The van der Waals surface area contributed by atoms with Crippen molar-refractivity contribution >= 4 is 0 Å². The average Bonchev–Trinajstić information content (AvgIpc) is 2.58. The summed E-state index contributed by atoms with van der Waals surface area (Å²) in [6.07, 6.45) is 9.73. The lowest BCUT2D eigenvalue weighted by molar-refractivity contribution is -0.236. The Labute approximate surface area is 142 Å². The van der Waals surface area contributed by atoms with Gasteiger partial charge in [-0.25, -0.2) is 0 Å². The van der Waals surface area contributed by atoms with Gasteiger partial charge < -0.3 is 14.2 Å². The lowest BCUT2D eigenvalue weighted by Crippen LogP contribution is -2.50. The summed E-state index contributed by atoms with van der Waals surface area (Å²) in [5.74, 6) is 3.52. The first-order chi connectivity index (χ1) is 11.1. The monoisotopic (exact) mass is 324 g/mol. The van der Waals surface area contributed by atoms with Crippen LogP contribution in [0.2, 0.25) is 0 Å². The standard InChI is InChI=1S/C20H36O3/c1-13-5-7-16(8-6-13)12-22-18-11-17-9-10-19(21-4)23-20(17)15(3)14(18)2/h13-20H,5-12H2,1-4H3. The number of hydrogen-bond acceptors (Lipinski definition) is 3. The van der Waals surface area contributed by atoms with Crippen molar-refractivity contribution in [1.29, 1.82) is 0 Å². The molecule has 0 aromatic rings. The Hall–Kier alpha value is -0.120. The summed E-state index contributed by atoms with van der Waals surface area (Å²) in [6, 6.07) is 0. The highest BCUT2D eigenvalue weighted by Crippen LogP contribution is 2.43. The SMILES string of the molecule is COC1CCC2CC(OCC3CCC(C)CC3)C(C)C(C)C2O1. The summed E-state index contributed by atoms with van der Waals surface area (Å²) in [4.78, 5) is 0. The van der Waals surface area contributed by atoms with E-state index in [9.17, 15) is 0 Å². The maximum Gasteiger partial charge on any atom is 0.157 e. The van der Waals surface area contributed by atoms with Crippen LogP contribution in [0.15, 0.2) is 0 Å². The van der Waals surface area contributed by atoms with Gasteiger partial charge in [-0.05, 0) is 61.7 Å². The van der Waals surface area contributed by atoms with Crippen LogP contribution in [-0.4, -0.2) is 32.2 Å². The fraction of sp³-hybridized carbons (Fsp3) is 1.00. The Morgan fingerprint density at radius 2 is 1.65 bits per heavy atom. The first kappa shape index (κ1) is 17.7. The van der Waals surface area contributed by atoms with Crippen LogP contribution >= 0.6 is 0 Å². The Morgan fingerprint density at radius 1 is 0.913 bits per heavy atom. The van der Waals surface area contributed by atoms with Crippen molar-refractivity contribution in [2.75, 3.05) is 13.7 Å². The van der Waals surface area contributed by atoms with E-state index in [2.05, 4.69) is 20.8 Å². The van der Waals surface area contributed by atoms with Crippen LogP contribution in [0.25, 0.3) is 0 Å². The van der Waals surface area contributed by atoms with E-state index in [-0.39, 0.29) is 6.29 Å². The van der Waals surface area contributed by atoms with E-state index in [1.54, 1.807) is 7.11 Å². The highest BCUT2D eigenvalue weighted by atomic mass is 16.7. The Morgan fingerprint density at radius 3 is 2.35 bits per heavy atom. The molecule has 3 heteroatoms. The molecular weight excluding hydrogens is 288 g/mol. The molecular formula is C20H36O3. The van der Waals surface area contributed by atoms with Gasteiger partial charge in [-0.15, -0.1) is 0 Å². The molecule has 6 unspecified atom stereocenters. The van der Waals surface area contributed by atoms with Crippen molar-refractivity contribution in [3.8, 4) is 0 Å². The molecule has 23 heavy (non-hydrogen) atoms. The molecule has 2 aliphatic carbocycles. The van der Waals surface area contributed by atoms with Crippen LogP contribution < -0.4 is 0 Å². The highest BCUT2D eigenvalue weighted by molar-refractivity contribution is 4.92. The van der Waals surface area contributed by atoms with E-state index in [1.807, 2.05) is 0 Å². The minimum atomic E-state index is 0.00703. The quantitative estimate of drug-likeness (QED) is 0.754. The van der Waals surface area contributed by atoms with Crippen LogP contribution in [0.3, 0.4) is 0 Å². The zero-order valence-corrected chi connectivity index (χ0v) is 15.5. The molecule has 3 nitrogen and oxygen atoms in total. The van der Waals surface area contributed by atoms with Gasteiger partial charge in [0, 0.05) is 13.7 Å². The average molecular weight is 325 g/mol. The lowest BCUT2D eigenvalue weighted by atomic mass is 9.69. The summed E-state index contributed by atoms with van der Waals surface area (Å²) in [6.45, 7) is 8.07. The molecule has 1 saturated heterocycles. The molecule has 1 aliphatic heterocycles. The molecule has 0 aromatic heterocycles. The first-order valence-electron chi connectivity index (χ1n) is 9.88. The molecule has 3 rings (SSSR count). The molecule has 1 heterocycles. The summed E-state index contributed by atoms with van der Waals surface area (Å²) in [5, 5.41) is 0. The van der Waals surface area contributed by atoms with Gasteiger partial charge in [-0.3, -0.25) is 0 Å². The molecule has 0 amide bonds. The molecule has 3 fully saturated rings. The Bertz CT molecular complexity index is 362. The van der Waals surface area contributed by atoms with Crippen molar-refractivity contribution in [3.63, 3.8) is 0 Å². The van der Waals surface area contributed by atoms with Gasteiger partial charge in [0.15, 0.2) is 6.29 Å². The molecule has 2 saturated carbocycles.